The van der Waals surface area contributed by atoms with Gasteiger partial charge < -0.3 is 19.2 Å². The summed E-state index contributed by atoms with van der Waals surface area (Å²) in [4.78, 5) is 18.2. The highest BCUT2D eigenvalue weighted by Gasteiger charge is 2.39. The number of benzene rings is 2. The topological polar surface area (TPSA) is 63.8 Å². The van der Waals surface area contributed by atoms with Crippen LogP contribution >= 0.6 is 0 Å². The Bertz CT molecular complexity index is 1000. The van der Waals surface area contributed by atoms with Crippen molar-refractivity contribution in [3.8, 4) is 11.5 Å². The smallest absolute Gasteiger partial charge is 0.323 e. The van der Waals surface area contributed by atoms with Gasteiger partial charge in [-0.1, -0.05) is 18.2 Å². The molecule has 1 aromatic heterocycles. The minimum Gasteiger partial charge on any atom is -0.497 e. The average Bonchev–Trinajstić information content (AvgIpc) is 3.10. The Morgan fingerprint density at radius 2 is 1.75 bits per heavy atom. The van der Waals surface area contributed by atoms with E-state index in [-0.39, 0.29) is 18.1 Å². The van der Waals surface area contributed by atoms with Crippen molar-refractivity contribution in [1.29, 1.82) is 0 Å². The summed E-state index contributed by atoms with van der Waals surface area (Å²) in [6, 6.07) is 13.5. The number of ether oxygens (including phenoxy) is 3. The van der Waals surface area contributed by atoms with Crippen LogP contribution in [0.25, 0.3) is 10.9 Å². The van der Waals surface area contributed by atoms with E-state index in [4.69, 9.17) is 14.2 Å². The van der Waals surface area contributed by atoms with Gasteiger partial charge in [-0.2, -0.15) is 0 Å². The van der Waals surface area contributed by atoms with Gasteiger partial charge in [0, 0.05) is 29.1 Å². The lowest BCUT2D eigenvalue weighted by Gasteiger charge is -2.38. The molecule has 1 aliphatic heterocycles. The highest BCUT2D eigenvalue weighted by atomic mass is 16.5. The third-order valence-electron chi connectivity index (χ3n) is 5.58. The summed E-state index contributed by atoms with van der Waals surface area (Å²) in [5.74, 6) is 1.18. The zero-order valence-electron chi connectivity index (χ0n) is 16.5. The first-order chi connectivity index (χ1) is 13.6. The molecule has 0 aliphatic carbocycles. The molecule has 2 atom stereocenters. The number of nitrogens with one attached hydrogen (secondary N) is 1. The van der Waals surface area contributed by atoms with E-state index in [2.05, 4.69) is 22.0 Å². The molecule has 0 amide bonds. The minimum absolute atomic E-state index is 0.163. The number of para-hydroxylation sites is 1. The Hall–Kier alpha value is -2.99. The summed E-state index contributed by atoms with van der Waals surface area (Å²) in [5.41, 5.74) is 4.28. The second-order valence-corrected chi connectivity index (χ2v) is 7.02. The lowest BCUT2D eigenvalue weighted by molar-refractivity contribution is -0.147. The number of rotatable bonds is 4. The molecule has 146 valence electrons. The Morgan fingerprint density at radius 1 is 1.07 bits per heavy atom. The maximum absolute atomic E-state index is 12.5. The highest BCUT2D eigenvalue weighted by molar-refractivity contribution is 5.87. The summed E-state index contributed by atoms with van der Waals surface area (Å²) in [6.07, 6.45) is 0.597. The summed E-state index contributed by atoms with van der Waals surface area (Å²) < 4.78 is 16.0. The number of esters is 1. The molecule has 6 nitrogen and oxygen atoms in total. The quantitative estimate of drug-likeness (QED) is 0.704. The summed E-state index contributed by atoms with van der Waals surface area (Å²) >= 11 is 0. The SMILES string of the molecule is COC(=O)[C@@H]1Cc2c([nH]c3ccccc23)[C@@H](c2cc(OC)cc(OC)c2)N1C. The van der Waals surface area contributed by atoms with Gasteiger partial charge in [0.1, 0.15) is 17.5 Å². The summed E-state index contributed by atoms with van der Waals surface area (Å²) in [5, 5.41) is 1.14. The van der Waals surface area contributed by atoms with E-state index < -0.39 is 0 Å². The average molecular weight is 380 g/mol. The number of likely N-dealkylation sites (N-methyl/N-ethyl adjacent to an activating group) is 1. The van der Waals surface area contributed by atoms with Crippen LogP contribution in [0.15, 0.2) is 42.5 Å². The van der Waals surface area contributed by atoms with Crippen LogP contribution in [-0.4, -0.2) is 50.3 Å². The molecule has 3 aromatic rings. The normalized spacial score (nSPS) is 19.3. The molecule has 1 aliphatic rings. The third-order valence-corrected chi connectivity index (χ3v) is 5.58. The maximum Gasteiger partial charge on any atom is 0.323 e. The summed E-state index contributed by atoms with van der Waals surface area (Å²) in [6.45, 7) is 0. The fraction of sp³-hybridized carbons (Fsp3) is 0.318. The number of hydrogen-bond donors (Lipinski definition) is 1. The zero-order valence-corrected chi connectivity index (χ0v) is 16.5. The molecule has 28 heavy (non-hydrogen) atoms. The van der Waals surface area contributed by atoms with Gasteiger partial charge in [-0.15, -0.1) is 0 Å². The van der Waals surface area contributed by atoms with E-state index in [0.29, 0.717) is 17.9 Å². The number of carbonyl (C=O) groups is 1. The van der Waals surface area contributed by atoms with Gasteiger partial charge in [-0.3, -0.25) is 9.69 Å². The molecule has 0 radical (unpaired) electrons. The molecule has 2 heterocycles. The fourth-order valence-corrected chi connectivity index (χ4v) is 4.17. The Labute approximate surface area is 164 Å². The van der Waals surface area contributed by atoms with Crippen LogP contribution in [0, 0.1) is 0 Å². The largest absolute Gasteiger partial charge is 0.497 e. The number of methoxy groups -OCH3 is 3. The number of fused-ring (bicyclic) bond motifs is 3. The Morgan fingerprint density at radius 3 is 2.39 bits per heavy atom. The molecule has 0 unspecified atom stereocenters. The highest BCUT2D eigenvalue weighted by Crippen LogP contribution is 2.41. The van der Waals surface area contributed by atoms with Gasteiger partial charge in [0.2, 0.25) is 0 Å². The predicted molar refractivity (Wildman–Crippen MR) is 107 cm³/mol. The lowest BCUT2D eigenvalue weighted by atomic mass is 9.88. The second kappa shape index (κ2) is 7.20. The van der Waals surface area contributed by atoms with Gasteiger partial charge in [0.25, 0.3) is 0 Å². The Balaban J connectivity index is 1.94. The molecule has 6 heteroatoms. The first-order valence-electron chi connectivity index (χ1n) is 9.19. The van der Waals surface area contributed by atoms with Crippen LogP contribution in [0.1, 0.15) is 22.9 Å². The zero-order chi connectivity index (χ0) is 19.8. The van der Waals surface area contributed by atoms with E-state index in [0.717, 1.165) is 27.7 Å². The number of H-pyrrole nitrogens is 1. The van der Waals surface area contributed by atoms with Crippen molar-refractivity contribution in [2.24, 2.45) is 0 Å². The molecule has 0 spiro atoms. The van der Waals surface area contributed by atoms with Crippen LogP contribution in [0.2, 0.25) is 0 Å². The van der Waals surface area contributed by atoms with E-state index in [1.807, 2.05) is 37.4 Å². The molecule has 0 saturated carbocycles. The number of aromatic amines is 1. The molecular weight excluding hydrogens is 356 g/mol. The van der Waals surface area contributed by atoms with Crippen LogP contribution in [-0.2, 0) is 16.0 Å². The van der Waals surface area contributed by atoms with Crippen LogP contribution in [0.4, 0.5) is 0 Å². The fourth-order valence-electron chi connectivity index (χ4n) is 4.17. The van der Waals surface area contributed by atoms with Gasteiger partial charge in [0.15, 0.2) is 0 Å². The van der Waals surface area contributed by atoms with Crippen molar-refractivity contribution in [3.05, 3.63) is 59.3 Å². The number of nitrogens with zero attached hydrogens (tertiary/aromatic N) is 1. The maximum atomic E-state index is 12.5. The molecule has 0 bridgehead atoms. The standard InChI is InChI=1S/C22H24N2O4/c1-24-19(22(25)28-4)12-17-16-7-5-6-8-18(16)23-20(17)21(24)13-9-14(26-2)11-15(10-13)27-3/h5-11,19,21,23H,12H2,1-4H3/t19-,21+/m0/s1. The van der Waals surface area contributed by atoms with Gasteiger partial charge in [-0.25, -0.2) is 0 Å². The van der Waals surface area contributed by atoms with Crippen LogP contribution in [0.3, 0.4) is 0 Å². The van der Waals surface area contributed by atoms with Crippen molar-refractivity contribution in [1.82, 2.24) is 9.88 Å². The van der Waals surface area contributed by atoms with Gasteiger partial charge in [0.05, 0.1) is 27.4 Å². The van der Waals surface area contributed by atoms with Crippen molar-refractivity contribution in [2.45, 2.75) is 18.5 Å². The first-order valence-corrected chi connectivity index (χ1v) is 9.19. The van der Waals surface area contributed by atoms with Crippen LogP contribution < -0.4 is 9.47 Å². The molecule has 4 rings (SSSR count). The van der Waals surface area contributed by atoms with Crippen molar-refractivity contribution < 1.29 is 19.0 Å². The lowest BCUT2D eigenvalue weighted by Crippen LogP contribution is -2.46. The predicted octanol–water partition coefficient (Wildman–Crippen LogP) is 3.30. The molecule has 0 saturated heterocycles. The number of aromatic nitrogens is 1. The summed E-state index contributed by atoms with van der Waals surface area (Å²) in [7, 11) is 6.65. The first kappa shape index (κ1) is 18.4. The van der Waals surface area contributed by atoms with Crippen molar-refractivity contribution in [3.63, 3.8) is 0 Å². The van der Waals surface area contributed by atoms with Crippen LogP contribution in [0.5, 0.6) is 11.5 Å². The monoisotopic (exact) mass is 380 g/mol. The van der Waals surface area contributed by atoms with Gasteiger partial charge >= 0.3 is 5.97 Å². The minimum atomic E-state index is -0.376. The molecule has 2 aromatic carbocycles. The number of carbonyl (C=O) groups excluding carboxylic acids is 1. The van der Waals surface area contributed by atoms with E-state index in [9.17, 15) is 4.79 Å². The second-order valence-electron chi connectivity index (χ2n) is 7.02. The third kappa shape index (κ3) is 2.90. The molecule has 1 N–H and O–H groups in total. The van der Waals surface area contributed by atoms with E-state index >= 15 is 0 Å². The van der Waals surface area contributed by atoms with Gasteiger partial charge in [-0.05, 0) is 36.4 Å². The molecule has 0 fully saturated rings. The van der Waals surface area contributed by atoms with E-state index in [1.165, 1.54) is 7.11 Å². The Kier molecular flexibility index (Phi) is 4.73. The molecular formula is C22H24N2O4. The van der Waals surface area contributed by atoms with Crippen molar-refractivity contribution >= 4 is 16.9 Å². The van der Waals surface area contributed by atoms with E-state index in [1.54, 1.807) is 14.2 Å². The number of hydrogen-bond acceptors (Lipinski definition) is 5. The van der Waals surface area contributed by atoms with Crippen molar-refractivity contribution in [2.75, 3.05) is 28.4 Å².